The van der Waals surface area contributed by atoms with Crippen molar-refractivity contribution in [3.05, 3.63) is 81.7 Å². The third kappa shape index (κ3) is 5.56. The normalized spacial score (nSPS) is 17.4. The number of hydrogen-bond donors (Lipinski definition) is 0. The van der Waals surface area contributed by atoms with Gasteiger partial charge in [-0.05, 0) is 92.0 Å². The third-order valence-corrected chi connectivity index (χ3v) is 7.92. The molecule has 5 nitrogen and oxygen atoms in total. The predicted octanol–water partition coefficient (Wildman–Crippen LogP) is 7.13. The van der Waals surface area contributed by atoms with Crippen molar-refractivity contribution in [3.8, 4) is 22.6 Å². The molecule has 39 heavy (non-hydrogen) atoms. The monoisotopic (exact) mass is 530 g/mol. The summed E-state index contributed by atoms with van der Waals surface area (Å²) in [7, 11) is 1.39. The number of fused-ring (bicyclic) bond motifs is 2. The van der Waals surface area contributed by atoms with Crippen molar-refractivity contribution in [2.45, 2.75) is 71.3 Å². The fourth-order valence-electron chi connectivity index (χ4n) is 6.14. The first-order valence-corrected chi connectivity index (χ1v) is 13.7. The standard InChI is InChI=1S/C33H35FO5/c1-19-14-22(7-5-6-21(3)35)15-20(2)32(19)26-10-12-28(34)33-27(26)11-13-29(33)39-24-8-9-25-23(16-31(36)37-4)18-38-30(25)17-24/h8-10,12,14-15,17,23,29H,5-7,11,13,16,18H2,1-4H3/t23-,29-/m1/s1. The van der Waals surface area contributed by atoms with Crippen molar-refractivity contribution in [1.82, 2.24) is 0 Å². The number of benzene rings is 3. The van der Waals surface area contributed by atoms with E-state index in [9.17, 15) is 9.59 Å². The minimum Gasteiger partial charge on any atom is -0.492 e. The molecule has 0 aromatic heterocycles. The fraction of sp³-hybridized carbons (Fsp3) is 0.394. The number of carbonyl (C=O) groups is 2. The van der Waals surface area contributed by atoms with E-state index < -0.39 is 6.10 Å². The summed E-state index contributed by atoms with van der Waals surface area (Å²) in [6.45, 7) is 6.26. The Labute approximate surface area is 229 Å². The second-order valence-electron chi connectivity index (χ2n) is 10.8. The number of methoxy groups -OCH3 is 1. The molecule has 0 amide bonds. The molecular formula is C33H35FO5. The average Bonchev–Trinajstić information content (AvgIpc) is 3.49. The number of Topliss-reactive ketones (excluding diaryl/α,β-unsaturated/α-hetero) is 1. The smallest absolute Gasteiger partial charge is 0.306 e. The van der Waals surface area contributed by atoms with Crippen LogP contribution in [0.2, 0.25) is 0 Å². The van der Waals surface area contributed by atoms with Crippen molar-refractivity contribution >= 4 is 11.8 Å². The summed E-state index contributed by atoms with van der Waals surface area (Å²) in [5, 5.41) is 0. The first-order chi connectivity index (χ1) is 18.7. The van der Waals surface area contributed by atoms with E-state index in [-0.39, 0.29) is 29.9 Å². The van der Waals surface area contributed by atoms with Crippen LogP contribution in [-0.4, -0.2) is 25.5 Å². The van der Waals surface area contributed by atoms with Gasteiger partial charge >= 0.3 is 5.97 Å². The first kappa shape index (κ1) is 26.9. The van der Waals surface area contributed by atoms with Crippen LogP contribution in [0.25, 0.3) is 11.1 Å². The van der Waals surface area contributed by atoms with Crippen molar-refractivity contribution in [2.24, 2.45) is 0 Å². The quantitative estimate of drug-likeness (QED) is 0.276. The topological polar surface area (TPSA) is 61.8 Å². The highest BCUT2D eigenvalue weighted by Gasteiger charge is 2.32. The zero-order valence-corrected chi connectivity index (χ0v) is 23.1. The Morgan fingerprint density at radius 3 is 2.56 bits per heavy atom. The van der Waals surface area contributed by atoms with Crippen LogP contribution in [0.1, 0.15) is 78.0 Å². The van der Waals surface area contributed by atoms with Crippen LogP contribution in [0.15, 0.2) is 42.5 Å². The van der Waals surface area contributed by atoms with Gasteiger partial charge in [0.15, 0.2) is 0 Å². The summed E-state index contributed by atoms with van der Waals surface area (Å²) in [6.07, 6.45) is 3.60. The van der Waals surface area contributed by atoms with Gasteiger partial charge in [-0.3, -0.25) is 4.79 Å². The minimum atomic E-state index is -0.392. The SMILES string of the molecule is COC(=O)C[C@@H]1COc2cc(O[C@@H]3CCc4c(-c5c(C)cc(CCCC(C)=O)cc5C)ccc(F)c43)ccc21. The average molecular weight is 531 g/mol. The van der Waals surface area contributed by atoms with Gasteiger partial charge in [-0.25, -0.2) is 4.39 Å². The maximum absolute atomic E-state index is 15.3. The molecule has 1 aliphatic carbocycles. The number of carbonyl (C=O) groups excluding carboxylic acids is 2. The number of esters is 1. The van der Waals surface area contributed by atoms with Crippen LogP contribution in [0, 0.1) is 19.7 Å². The van der Waals surface area contributed by atoms with Crippen molar-refractivity contribution in [2.75, 3.05) is 13.7 Å². The molecule has 0 fully saturated rings. The van der Waals surface area contributed by atoms with E-state index in [2.05, 4.69) is 26.0 Å². The van der Waals surface area contributed by atoms with Crippen LogP contribution in [0.4, 0.5) is 4.39 Å². The van der Waals surface area contributed by atoms with Gasteiger partial charge in [-0.1, -0.05) is 24.3 Å². The first-order valence-electron chi connectivity index (χ1n) is 13.7. The summed E-state index contributed by atoms with van der Waals surface area (Å²) in [4.78, 5) is 23.1. The molecule has 0 bridgehead atoms. The van der Waals surface area contributed by atoms with E-state index in [1.807, 2.05) is 24.3 Å². The highest BCUT2D eigenvalue weighted by Crippen LogP contribution is 2.45. The number of ether oxygens (including phenoxy) is 3. The van der Waals surface area contributed by atoms with Crippen LogP contribution in [0.5, 0.6) is 11.5 Å². The molecule has 5 rings (SSSR count). The lowest BCUT2D eigenvalue weighted by Crippen LogP contribution is -2.09. The molecular weight excluding hydrogens is 495 g/mol. The molecule has 0 radical (unpaired) electrons. The Hall–Kier alpha value is -3.67. The second kappa shape index (κ2) is 11.2. The Kier molecular flexibility index (Phi) is 7.74. The van der Waals surface area contributed by atoms with Gasteiger partial charge in [0.05, 0.1) is 20.1 Å². The molecule has 2 aliphatic rings. The van der Waals surface area contributed by atoms with E-state index >= 15 is 4.39 Å². The molecule has 1 heterocycles. The second-order valence-corrected chi connectivity index (χ2v) is 10.8. The molecule has 2 atom stereocenters. The van der Waals surface area contributed by atoms with E-state index in [1.165, 1.54) is 12.7 Å². The van der Waals surface area contributed by atoms with Crippen LogP contribution >= 0.6 is 0 Å². The molecule has 1 aliphatic heterocycles. The predicted molar refractivity (Wildman–Crippen MR) is 148 cm³/mol. The van der Waals surface area contributed by atoms with Crippen LogP contribution in [-0.2, 0) is 27.2 Å². The molecule has 0 unspecified atom stereocenters. The van der Waals surface area contributed by atoms with Crippen molar-refractivity contribution < 1.29 is 28.2 Å². The molecule has 6 heteroatoms. The zero-order valence-electron chi connectivity index (χ0n) is 23.1. The Morgan fingerprint density at radius 1 is 1.08 bits per heavy atom. The van der Waals surface area contributed by atoms with E-state index in [1.54, 1.807) is 13.0 Å². The van der Waals surface area contributed by atoms with Gasteiger partial charge < -0.3 is 19.0 Å². The molecule has 0 spiro atoms. The van der Waals surface area contributed by atoms with Gasteiger partial charge in [0.2, 0.25) is 0 Å². The lowest BCUT2D eigenvalue weighted by molar-refractivity contribution is -0.141. The summed E-state index contributed by atoms with van der Waals surface area (Å²) in [5.74, 6) is 0.983. The van der Waals surface area contributed by atoms with Crippen LogP contribution in [0.3, 0.4) is 0 Å². The van der Waals surface area contributed by atoms with E-state index in [0.717, 1.165) is 52.6 Å². The van der Waals surface area contributed by atoms with Gasteiger partial charge in [-0.2, -0.15) is 0 Å². The Bertz CT molecular complexity index is 1400. The lowest BCUT2D eigenvalue weighted by atomic mass is 9.88. The Balaban J connectivity index is 1.38. The molecule has 3 aromatic rings. The van der Waals surface area contributed by atoms with E-state index in [0.29, 0.717) is 36.5 Å². The van der Waals surface area contributed by atoms with Crippen molar-refractivity contribution in [3.63, 3.8) is 0 Å². The fourth-order valence-corrected chi connectivity index (χ4v) is 6.14. The maximum atomic E-state index is 15.3. The van der Waals surface area contributed by atoms with Gasteiger partial charge in [0, 0.05) is 29.5 Å². The molecule has 0 saturated heterocycles. The zero-order chi connectivity index (χ0) is 27.7. The summed E-state index contributed by atoms with van der Waals surface area (Å²) >= 11 is 0. The largest absolute Gasteiger partial charge is 0.492 e. The lowest BCUT2D eigenvalue weighted by Gasteiger charge is -2.19. The highest BCUT2D eigenvalue weighted by atomic mass is 19.1. The van der Waals surface area contributed by atoms with Gasteiger partial charge in [0.1, 0.15) is 29.2 Å². The summed E-state index contributed by atoms with van der Waals surface area (Å²) in [6, 6.07) is 13.5. The molecule has 0 N–H and O–H groups in total. The van der Waals surface area contributed by atoms with E-state index in [4.69, 9.17) is 14.2 Å². The molecule has 0 saturated carbocycles. The number of halogens is 1. The van der Waals surface area contributed by atoms with Crippen molar-refractivity contribution in [1.29, 1.82) is 0 Å². The van der Waals surface area contributed by atoms with Gasteiger partial charge in [-0.15, -0.1) is 0 Å². The number of ketones is 1. The molecule has 204 valence electrons. The third-order valence-electron chi connectivity index (χ3n) is 7.92. The maximum Gasteiger partial charge on any atom is 0.306 e. The Morgan fingerprint density at radius 2 is 1.85 bits per heavy atom. The van der Waals surface area contributed by atoms with Gasteiger partial charge in [0.25, 0.3) is 0 Å². The number of aryl methyl sites for hydroxylation is 3. The number of rotatable bonds is 9. The molecule has 3 aromatic carbocycles. The van der Waals surface area contributed by atoms with Crippen LogP contribution < -0.4 is 9.47 Å². The summed E-state index contributed by atoms with van der Waals surface area (Å²) < 4.78 is 32.2. The number of hydrogen-bond acceptors (Lipinski definition) is 5. The summed E-state index contributed by atoms with van der Waals surface area (Å²) in [5.41, 5.74) is 8.33. The minimum absolute atomic E-state index is 0.0410. The highest BCUT2D eigenvalue weighted by molar-refractivity contribution is 5.77.